The fraction of sp³-hybridized carbons (Fsp3) is 0.600. The van der Waals surface area contributed by atoms with Crippen LogP contribution in [0.5, 0.6) is 0 Å². The largest absolute Gasteiger partial charge is 0.379 e. The minimum atomic E-state index is 0.105. The molecule has 5 rings (SSSR count). The fourth-order valence-corrected chi connectivity index (χ4v) is 6.60. The SMILES string of the molecule is CC(NC(=O)Cc1csc(-c2ccc(CN3CCOCC3)cc2)n1)C1CC2CCC1C2. The first-order valence-corrected chi connectivity index (χ1v) is 12.6. The van der Waals surface area contributed by atoms with Gasteiger partial charge in [-0.2, -0.15) is 0 Å². The monoisotopic (exact) mass is 439 g/mol. The van der Waals surface area contributed by atoms with Gasteiger partial charge in [-0.25, -0.2) is 4.98 Å². The maximum absolute atomic E-state index is 12.6. The summed E-state index contributed by atoms with van der Waals surface area (Å²) >= 11 is 1.62. The Hall–Kier alpha value is -1.76. The van der Waals surface area contributed by atoms with Gasteiger partial charge < -0.3 is 10.1 Å². The molecule has 3 fully saturated rings. The van der Waals surface area contributed by atoms with Gasteiger partial charge in [0, 0.05) is 36.6 Å². The van der Waals surface area contributed by atoms with Crippen LogP contribution in [0.4, 0.5) is 0 Å². The molecule has 4 atom stereocenters. The van der Waals surface area contributed by atoms with E-state index in [0.717, 1.165) is 60.9 Å². The van der Waals surface area contributed by atoms with Crippen molar-refractivity contribution < 1.29 is 9.53 Å². The third kappa shape index (κ3) is 5.02. The Morgan fingerprint density at radius 3 is 2.74 bits per heavy atom. The van der Waals surface area contributed by atoms with E-state index in [0.29, 0.717) is 12.3 Å². The van der Waals surface area contributed by atoms with Crippen LogP contribution in [-0.4, -0.2) is 48.1 Å². The predicted octanol–water partition coefficient (Wildman–Crippen LogP) is 4.13. The summed E-state index contributed by atoms with van der Waals surface area (Å²) in [5.41, 5.74) is 3.31. The van der Waals surface area contributed by atoms with Crippen LogP contribution in [0.2, 0.25) is 0 Å². The lowest BCUT2D eigenvalue weighted by molar-refractivity contribution is -0.121. The number of hydrogen-bond acceptors (Lipinski definition) is 5. The van der Waals surface area contributed by atoms with Crippen LogP contribution in [-0.2, 0) is 22.5 Å². The molecule has 1 N–H and O–H groups in total. The molecule has 166 valence electrons. The molecule has 2 aromatic rings. The first-order valence-electron chi connectivity index (χ1n) is 11.8. The zero-order valence-corrected chi connectivity index (χ0v) is 19.2. The summed E-state index contributed by atoms with van der Waals surface area (Å²) in [4.78, 5) is 19.8. The molecule has 2 aliphatic carbocycles. The van der Waals surface area contributed by atoms with E-state index in [1.807, 2.05) is 5.38 Å². The smallest absolute Gasteiger partial charge is 0.226 e. The maximum Gasteiger partial charge on any atom is 0.226 e. The van der Waals surface area contributed by atoms with Gasteiger partial charge in [0.1, 0.15) is 5.01 Å². The van der Waals surface area contributed by atoms with Gasteiger partial charge in [-0.15, -0.1) is 11.3 Å². The van der Waals surface area contributed by atoms with E-state index in [-0.39, 0.29) is 11.9 Å². The molecule has 1 aliphatic heterocycles. The van der Waals surface area contributed by atoms with Crippen molar-refractivity contribution in [1.29, 1.82) is 0 Å². The van der Waals surface area contributed by atoms with Crippen molar-refractivity contribution >= 4 is 17.2 Å². The summed E-state index contributed by atoms with van der Waals surface area (Å²) in [7, 11) is 0. The average Bonchev–Trinajstić information content (AvgIpc) is 3.52. The molecule has 31 heavy (non-hydrogen) atoms. The van der Waals surface area contributed by atoms with Crippen LogP contribution in [0.15, 0.2) is 29.6 Å². The topological polar surface area (TPSA) is 54.5 Å². The highest BCUT2D eigenvalue weighted by molar-refractivity contribution is 7.13. The van der Waals surface area contributed by atoms with Crippen molar-refractivity contribution in [3.8, 4) is 10.6 Å². The second-order valence-corrected chi connectivity index (χ2v) is 10.5. The van der Waals surface area contributed by atoms with E-state index >= 15 is 0 Å². The summed E-state index contributed by atoms with van der Waals surface area (Å²) in [5, 5.41) is 6.28. The third-order valence-corrected chi connectivity index (χ3v) is 8.37. The zero-order chi connectivity index (χ0) is 21.2. The van der Waals surface area contributed by atoms with Gasteiger partial charge >= 0.3 is 0 Å². The Bertz CT molecular complexity index is 890. The zero-order valence-electron chi connectivity index (χ0n) is 18.4. The van der Waals surface area contributed by atoms with Gasteiger partial charge in [-0.05, 0) is 49.5 Å². The fourth-order valence-electron chi connectivity index (χ4n) is 5.77. The Morgan fingerprint density at radius 2 is 2.03 bits per heavy atom. The number of nitrogens with zero attached hydrogens (tertiary/aromatic N) is 2. The Morgan fingerprint density at radius 1 is 1.23 bits per heavy atom. The van der Waals surface area contributed by atoms with Crippen molar-refractivity contribution in [2.24, 2.45) is 17.8 Å². The third-order valence-electron chi connectivity index (χ3n) is 7.43. The quantitative estimate of drug-likeness (QED) is 0.705. The lowest BCUT2D eigenvalue weighted by atomic mass is 9.84. The standard InChI is InChI=1S/C25H33N3O2S/c1-17(23-13-19-4-7-21(23)12-19)26-24(29)14-22-16-31-25(27-22)20-5-2-18(3-6-20)15-28-8-10-30-11-9-28/h2-3,5-6,16-17,19,21,23H,4,7-15H2,1H3,(H,26,29). The summed E-state index contributed by atoms with van der Waals surface area (Å²) in [6.45, 7) is 6.81. The number of fused-ring (bicyclic) bond motifs is 2. The molecule has 1 aromatic carbocycles. The minimum absolute atomic E-state index is 0.105. The van der Waals surface area contributed by atoms with Gasteiger partial charge in [0.2, 0.25) is 5.91 Å². The Balaban J connectivity index is 1.14. The Kier molecular flexibility index (Phi) is 6.39. The molecule has 4 unspecified atom stereocenters. The van der Waals surface area contributed by atoms with E-state index in [1.165, 1.54) is 31.2 Å². The predicted molar refractivity (Wildman–Crippen MR) is 124 cm³/mol. The number of hydrogen-bond donors (Lipinski definition) is 1. The van der Waals surface area contributed by atoms with Crippen LogP contribution in [0.25, 0.3) is 10.6 Å². The van der Waals surface area contributed by atoms with Crippen LogP contribution >= 0.6 is 11.3 Å². The first kappa shape index (κ1) is 21.1. The number of aromatic nitrogens is 1. The molecule has 2 heterocycles. The molecule has 6 heteroatoms. The van der Waals surface area contributed by atoms with Crippen molar-refractivity contribution in [3.05, 3.63) is 40.9 Å². The molecule has 1 saturated heterocycles. The molecular weight excluding hydrogens is 406 g/mol. The van der Waals surface area contributed by atoms with Gasteiger partial charge in [0.25, 0.3) is 0 Å². The van der Waals surface area contributed by atoms with E-state index < -0.39 is 0 Å². The highest BCUT2D eigenvalue weighted by Gasteiger charge is 2.42. The first-order chi connectivity index (χ1) is 15.1. The van der Waals surface area contributed by atoms with Crippen LogP contribution < -0.4 is 5.32 Å². The summed E-state index contributed by atoms with van der Waals surface area (Å²) < 4.78 is 5.43. The second kappa shape index (κ2) is 9.39. The lowest BCUT2D eigenvalue weighted by Gasteiger charge is -2.28. The van der Waals surface area contributed by atoms with Gasteiger partial charge in [-0.1, -0.05) is 30.7 Å². The molecule has 5 nitrogen and oxygen atoms in total. The molecule has 1 amide bonds. The van der Waals surface area contributed by atoms with Crippen molar-refractivity contribution in [1.82, 2.24) is 15.2 Å². The minimum Gasteiger partial charge on any atom is -0.379 e. The number of amides is 1. The van der Waals surface area contributed by atoms with Crippen molar-refractivity contribution in [2.75, 3.05) is 26.3 Å². The molecule has 2 saturated carbocycles. The second-order valence-electron chi connectivity index (χ2n) is 9.60. The van der Waals surface area contributed by atoms with Crippen molar-refractivity contribution in [3.63, 3.8) is 0 Å². The van der Waals surface area contributed by atoms with Gasteiger partial charge in [-0.3, -0.25) is 9.69 Å². The number of benzene rings is 1. The number of carbonyl (C=O) groups is 1. The molecule has 0 spiro atoms. The summed E-state index contributed by atoms with van der Waals surface area (Å²) in [5.74, 6) is 2.52. The molecule has 3 aliphatic rings. The van der Waals surface area contributed by atoms with E-state index in [2.05, 4.69) is 41.4 Å². The number of ether oxygens (including phenoxy) is 1. The lowest BCUT2D eigenvalue weighted by Crippen LogP contribution is -2.40. The maximum atomic E-state index is 12.6. The number of thiazole rings is 1. The number of carbonyl (C=O) groups excluding carboxylic acids is 1. The molecule has 2 bridgehead atoms. The summed E-state index contributed by atoms with van der Waals surface area (Å²) in [6.07, 6.45) is 5.81. The van der Waals surface area contributed by atoms with Crippen LogP contribution in [0, 0.1) is 17.8 Å². The summed E-state index contributed by atoms with van der Waals surface area (Å²) in [6, 6.07) is 8.95. The normalized spacial score (nSPS) is 26.8. The van der Waals surface area contributed by atoms with E-state index in [4.69, 9.17) is 9.72 Å². The van der Waals surface area contributed by atoms with E-state index in [9.17, 15) is 4.79 Å². The van der Waals surface area contributed by atoms with E-state index in [1.54, 1.807) is 11.3 Å². The van der Waals surface area contributed by atoms with Crippen LogP contribution in [0.1, 0.15) is 43.9 Å². The number of morpholine rings is 1. The number of rotatable bonds is 7. The van der Waals surface area contributed by atoms with Gasteiger partial charge in [0.05, 0.1) is 25.3 Å². The highest BCUT2D eigenvalue weighted by Crippen LogP contribution is 2.49. The number of nitrogens with one attached hydrogen (secondary N) is 1. The molecule has 0 radical (unpaired) electrons. The van der Waals surface area contributed by atoms with Crippen molar-refractivity contribution in [2.45, 2.75) is 51.6 Å². The molecular formula is C25H33N3O2S. The average molecular weight is 440 g/mol. The van der Waals surface area contributed by atoms with Gasteiger partial charge in [0.15, 0.2) is 0 Å². The molecule has 1 aromatic heterocycles. The highest BCUT2D eigenvalue weighted by atomic mass is 32.1. The van der Waals surface area contributed by atoms with Crippen LogP contribution in [0.3, 0.4) is 0 Å². The Labute approximate surface area is 189 Å².